The number of nitriles is 1. The number of benzene rings is 2. The molecule has 0 radical (unpaired) electrons. The molecule has 1 aliphatic carbocycles. The molecule has 0 N–H and O–H groups in total. The first-order chi connectivity index (χ1) is 12.6. The largest absolute Gasteiger partial charge is 0.453 e. The Kier molecular flexibility index (Phi) is 5.22. The molecule has 134 valence electrons. The quantitative estimate of drug-likeness (QED) is 0.523. The van der Waals surface area contributed by atoms with E-state index in [1.54, 1.807) is 0 Å². The van der Waals surface area contributed by atoms with Gasteiger partial charge in [0.05, 0.1) is 18.6 Å². The van der Waals surface area contributed by atoms with Gasteiger partial charge in [-0.15, -0.1) is 0 Å². The molecule has 1 aromatic carbocycles. The van der Waals surface area contributed by atoms with Crippen molar-refractivity contribution < 1.29 is 4.42 Å². The van der Waals surface area contributed by atoms with Crippen molar-refractivity contribution in [3.8, 4) is 17.5 Å². The molecule has 0 aromatic heterocycles. The Bertz CT molecular complexity index is 1010. The highest BCUT2D eigenvalue weighted by Gasteiger charge is 2.14. The van der Waals surface area contributed by atoms with Crippen LogP contribution in [0.25, 0.3) is 22.6 Å². The van der Waals surface area contributed by atoms with E-state index in [0.717, 1.165) is 41.0 Å². The summed E-state index contributed by atoms with van der Waals surface area (Å²) < 4.78 is 8.34. The van der Waals surface area contributed by atoms with Crippen LogP contribution in [-0.2, 0) is 0 Å². The fourth-order valence-corrected chi connectivity index (χ4v) is 3.19. The lowest BCUT2D eigenvalue weighted by Gasteiger charge is -2.20. The Balaban J connectivity index is 2.18. The zero-order chi connectivity index (χ0) is 18.7. The van der Waals surface area contributed by atoms with E-state index in [1.807, 2.05) is 18.2 Å². The highest BCUT2D eigenvalue weighted by Crippen LogP contribution is 2.29. The fourth-order valence-electron chi connectivity index (χ4n) is 3.19. The summed E-state index contributed by atoms with van der Waals surface area (Å²) in [6, 6.07) is 12.4. The second-order valence-corrected chi connectivity index (χ2v) is 6.47. The first-order valence-corrected chi connectivity index (χ1v) is 9.08. The molecule has 0 unspecified atom stereocenters. The second kappa shape index (κ2) is 7.57. The molecule has 0 amide bonds. The van der Waals surface area contributed by atoms with Crippen molar-refractivity contribution in [1.82, 2.24) is 9.56 Å². The maximum Gasteiger partial charge on any atom is 0.203 e. The second-order valence-electron chi connectivity index (χ2n) is 6.47. The van der Waals surface area contributed by atoms with Gasteiger partial charge in [-0.1, -0.05) is 0 Å². The average molecular weight is 349 g/mol. The SMILES string of the molecule is CCN(C)c1cc2nc3ccc(=[N+](CC)CCC#N)cc-3oc2cc1C. The minimum atomic E-state index is 0.506. The molecular formula is C21H25N4O+. The first-order valence-electron chi connectivity index (χ1n) is 9.08. The van der Waals surface area contributed by atoms with Crippen molar-refractivity contribution in [3.05, 3.63) is 41.3 Å². The van der Waals surface area contributed by atoms with Crippen molar-refractivity contribution in [2.24, 2.45) is 0 Å². The van der Waals surface area contributed by atoms with E-state index in [2.05, 4.69) is 55.5 Å². The van der Waals surface area contributed by atoms with Crippen molar-refractivity contribution in [1.29, 1.82) is 5.26 Å². The number of aryl methyl sites for hydroxylation is 1. The van der Waals surface area contributed by atoms with Gasteiger partial charge in [-0.05, 0) is 44.5 Å². The van der Waals surface area contributed by atoms with Gasteiger partial charge in [0.1, 0.15) is 17.8 Å². The predicted molar refractivity (Wildman–Crippen MR) is 105 cm³/mol. The highest BCUT2D eigenvalue weighted by atomic mass is 16.3. The molecule has 1 aromatic rings. The lowest BCUT2D eigenvalue weighted by atomic mass is 10.1. The fraction of sp³-hybridized carbons (Fsp3) is 0.381. The van der Waals surface area contributed by atoms with Gasteiger partial charge in [0.2, 0.25) is 5.36 Å². The van der Waals surface area contributed by atoms with Crippen LogP contribution in [0.3, 0.4) is 0 Å². The van der Waals surface area contributed by atoms with Crippen LogP contribution < -0.4 is 14.8 Å². The van der Waals surface area contributed by atoms with Crippen LogP contribution in [0.1, 0.15) is 25.8 Å². The number of nitrogens with zero attached hydrogens (tertiary/aromatic N) is 4. The van der Waals surface area contributed by atoms with Gasteiger partial charge < -0.3 is 9.32 Å². The normalized spacial score (nSPS) is 12.3. The molecule has 1 heterocycles. The van der Waals surface area contributed by atoms with Crippen molar-refractivity contribution in [2.45, 2.75) is 27.2 Å². The summed E-state index contributed by atoms with van der Waals surface area (Å²) in [5.41, 5.74) is 4.84. The number of hydrogen-bond acceptors (Lipinski definition) is 4. The smallest absolute Gasteiger partial charge is 0.203 e. The lowest BCUT2D eigenvalue weighted by Crippen LogP contribution is -2.30. The Morgan fingerprint density at radius 2 is 2.04 bits per heavy atom. The van der Waals surface area contributed by atoms with E-state index in [4.69, 9.17) is 14.7 Å². The summed E-state index contributed by atoms with van der Waals surface area (Å²) in [4.78, 5) is 7.00. The van der Waals surface area contributed by atoms with Gasteiger partial charge in [-0.25, -0.2) is 9.56 Å². The molecule has 0 saturated carbocycles. The van der Waals surface area contributed by atoms with Crippen molar-refractivity contribution in [3.63, 3.8) is 0 Å². The van der Waals surface area contributed by atoms with Crippen LogP contribution >= 0.6 is 0 Å². The highest BCUT2D eigenvalue weighted by molar-refractivity contribution is 5.82. The Morgan fingerprint density at radius 1 is 1.23 bits per heavy atom. The molecule has 0 spiro atoms. The van der Waals surface area contributed by atoms with E-state index < -0.39 is 0 Å². The summed E-state index contributed by atoms with van der Waals surface area (Å²) >= 11 is 0. The topological polar surface area (TPSA) is 56.1 Å². The number of anilines is 1. The van der Waals surface area contributed by atoms with E-state index in [1.165, 1.54) is 11.3 Å². The van der Waals surface area contributed by atoms with Crippen LogP contribution in [0, 0.1) is 18.3 Å². The molecule has 2 aliphatic rings. The Morgan fingerprint density at radius 3 is 2.73 bits per heavy atom. The molecule has 3 rings (SSSR count). The van der Waals surface area contributed by atoms with Gasteiger partial charge >= 0.3 is 0 Å². The Hall–Kier alpha value is -2.87. The standard InChI is InChI=1S/C21H25N4O/c1-5-24(4)19-14-18-20(12-15(19)3)26-21-13-16(8-9-17(21)23-18)25(6-2)11-7-10-22/h8-9,12-14H,5-7,11H2,1-4H3/q+1. The summed E-state index contributed by atoms with van der Waals surface area (Å²) in [6.07, 6.45) is 0.506. The van der Waals surface area contributed by atoms with Crippen LogP contribution in [0.15, 0.2) is 34.7 Å². The van der Waals surface area contributed by atoms with Gasteiger partial charge in [0.25, 0.3) is 0 Å². The maximum absolute atomic E-state index is 8.84. The summed E-state index contributed by atoms with van der Waals surface area (Å²) in [5, 5.41) is 9.90. The molecule has 26 heavy (non-hydrogen) atoms. The zero-order valence-corrected chi connectivity index (χ0v) is 15.9. The van der Waals surface area contributed by atoms with Crippen molar-refractivity contribution in [2.75, 3.05) is 31.6 Å². The number of rotatable bonds is 5. The van der Waals surface area contributed by atoms with E-state index in [0.29, 0.717) is 13.0 Å². The van der Waals surface area contributed by atoms with E-state index in [9.17, 15) is 0 Å². The van der Waals surface area contributed by atoms with E-state index >= 15 is 0 Å². The molecule has 1 aliphatic heterocycles. The maximum atomic E-state index is 8.84. The predicted octanol–water partition coefficient (Wildman–Crippen LogP) is 3.40. The third-order valence-electron chi connectivity index (χ3n) is 4.81. The third-order valence-corrected chi connectivity index (χ3v) is 4.81. The van der Waals surface area contributed by atoms with Crippen LogP contribution in [0.4, 0.5) is 5.69 Å². The van der Waals surface area contributed by atoms with Gasteiger partial charge in [0, 0.05) is 25.3 Å². The molecule has 5 heteroatoms. The molecule has 0 fully saturated rings. The zero-order valence-electron chi connectivity index (χ0n) is 15.9. The van der Waals surface area contributed by atoms with E-state index in [-0.39, 0.29) is 0 Å². The summed E-state index contributed by atoms with van der Waals surface area (Å²) in [6.45, 7) is 8.82. The van der Waals surface area contributed by atoms with Gasteiger partial charge in [-0.3, -0.25) is 0 Å². The molecular weight excluding hydrogens is 324 g/mol. The summed E-state index contributed by atoms with van der Waals surface area (Å²) in [7, 11) is 2.08. The van der Waals surface area contributed by atoms with Crippen molar-refractivity contribution >= 4 is 16.8 Å². The van der Waals surface area contributed by atoms with Gasteiger partial charge in [0.15, 0.2) is 17.9 Å². The monoisotopic (exact) mass is 349 g/mol. The molecule has 0 bridgehead atoms. The van der Waals surface area contributed by atoms with Crippen LogP contribution in [0.2, 0.25) is 0 Å². The van der Waals surface area contributed by atoms with Crippen LogP contribution in [-0.4, -0.2) is 31.7 Å². The molecule has 5 nitrogen and oxygen atoms in total. The van der Waals surface area contributed by atoms with Gasteiger partial charge in [-0.2, -0.15) is 5.26 Å². The number of fused-ring (bicyclic) bond motifs is 2. The first kappa shape index (κ1) is 17.9. The average Bonchev–Trinajstić information content (AvgIpc) is 2.65. The minimum Gasteiger partial charge on any atom is -0.453 e. The molecule has 0 saturated heterocycles. The minimum absolute atomic E-state index is 0.506. The van der Waals surface area contributed by atoms with Crippen LogP contribution in [0.5, 0.6) is 0 Å². The summed E-state index contributed by atoms with van der Waals surface area (Å²) in [5.74, 6) is 0.765. The number of hydrogen-bond donors (Lipinski definition) is 0. The lowest BCUT2D eigenvalue weighted by molar-refractivity contribution is 0.591. The Labute approximate surface area is 154 Å². The third kappa shape index (κ3) is 3.41. The number of aromatic nitrogens is 1. The molecule has 0 atom stereocenters.